The lowest BCUT2D eigenvalue weighted by molar-refractivity contribution is 0.219. The van der Waals surface area contributed by atoms with Gasteiger partial charge in [-0.25, -0.2) is 17.9 Å². The van der Waals surface area contributed by atoms with Crippen LogP contribution in [0, 0.1) is 5.82 Å². The summed E-state index contributed by atoms with van der Waals surface area (Å²) in [7, 11) is -3.92. The Labute approximate surface area is 139 Å². The molecule has 8 heteroatoms. The number of nitrogens with one attached hydrogen (secondary N) is 1. The maximum Gasteiger partial charge on any atom is 0.238 e. The van der Waals surface area contributed by atoms with Crippen LogP contribution in [0.5, 0.6) is 0 Å². The van der Waals surface area contributed by atoms with Crippen molar-refractivity contribution in [2.75, 3.05) is 25.0 Å². The van der Waals surface area contributed by atoms with Crippen LogP contribution in [-0.4, -0.2) is 39.0 Å². The number of primary sulfonamides is 1. The van der Waals surface area contributed by atoms with E-state index in [4.69, 9.17) is 5.14 Å². The predicted molar refractivity (Wildman–Crippen MR) is 88.8 cm³/mol. The molecule has 0 saturated carbocycles. The first-order chi connectivity index (χ1) is 10.3. The van der Waals surface area contributed by atoms with Gasteiger partial charge in [0, 0.05) is 23.6 Å². The highest BCUT2D eigenvalue weighted by Gasteiger charge is 2.22. The predicted octanol–water partition coefficient (Wildman–Crippen LogP) is 2.52. The average Bonchev–Trinajstić information content (AvgIpc) is 2.43. The number of piperidine rings is 1. The minimum atomic E-state index is -3.92. The largest absolute Gasteiger partial charge is 0.379 e. The summed E-state index contributed by atoms with van der Waals surface area (Å²) in [5.41, 5.74) is 0.293. The topological polar surface area (TPSA) is 75.4 Å². The summed E-state index contributed by atoms with van der Waals surface area (Å²) in [6.45, 7) is 5.22. The van der Waals surface area contributed by atoms with E-state index in [1.54, 1.807) is 0 Å². The van der Waals surface area contributed by atoms with E-state index in [0.717, 1.165) is 45.0 Å². The van der Waals surface area contributed by atoms with Crippen LogP contribution in [0.2, 0.25) is 0 Å². The molecule has 1 aromatic carbocycles. The molecule has 22 heavy (non-hydrogen) atoms. The molecule has 0 aliphatic carbocycles. The number of likely N-dealkylation sites (tertiary alicyclic amines) is 1. The number of benzene rings is 1. The van der Waals surface area contributed by atoms with E-state index in [1.165, 1.54) is 6.07 Å². The van der Waals surface area contributed by atoms with Crippen LogP contribution in [0.1, 0.15) is 26.2 Å². The number of nitrogens with two attached hydrogens (primary N) is 1. The maximum absolute atomic E-state index is 14.2. The number of rotatable bonds is 5. The van der Waals surface area contributed by atoms with Crippen LogP contribution in [-0.2, 0) is 10.0 Å². The van der Waals surface area contributed by atoms with Crippen LogP contribution in [0.3, 0.4) is 0 Å². The Hall–Kier alpha value is -0.700. The molecule has 3 N–H and O–H groups in total. The van der Waals surface area contributed by atoms with Gasteiger partial charge in [-0.05, 0) is 53.9 Å². The van der Waals surface area contributed by atoms with E-state index in [2.05, 4.69) is 33.1 Å². The van der Waals surface area contributed by atoms with Crippen molar-refractivity contribution in [2.24, 2.45) is 5.14 Å². The summed E-state index contributed by atoms with van der Waals surface area (Å²) in [6, 6.07) is 2.46. The second kappa shape index (κ2) is 7.25. The van der Waals surface area contributed by atoms with Crippen molar-refractivity contribution in [3.63, 3.8) is 0 Å². The number of sulfonamides is 1. The molecule has 0 atom stereocenters. The van der Waals surface area contributed by atoms with Crippen LogP contribution in [0.15, 0.2) is 21.5 Å². The lowest BCUT2D eigenvalue weighted by Gasteiger charge is -2.32. The van der Waals surface area contributed by atoms with E-state index in [1.807, 2.05) is 0 Å². The Bertz CT molecular complexity index is 608. The van der Waals surface area contributed by atoms with Gasteiger partial charge in [0.2, 0.25) is 10.0 Å². The van der Waals surface area contributed by atoms with E-state index in [0.29, 0.717) is 10.2 Å². The van der Waals surface area contributed by atoms with E-state index < -0.39 is 15.8 Å². The van der Waals surface area contributed by atoms with Gasteiger partial charge in [-0.1, -0.05) is 6.92 Å². The Morgan fingerprint density at radius 1 is 1.41 bits per heavy atom. The van der Waals surface area contributed by atoms with Crippen molar-refractivity contribution in [3.05, 3.63) is 22.4 Å². The second-order valence-corrected chi connectivity index (χ2v) is 7.98. The molecular weight excluding hydrogens is 373 g/mol. The summed E-state index contributed by atoms with van der Waals surface area (Å²) < 4.78 is 37.1. The smallest absolute Gasteiger partial charge is 0.238 e. The second-order valence-electron chi connectivity index (χ2n) is 5.57. The molecule has 1 aliphatic rings. The summed E-state index contributed by atoms with van der Waals surface area (Å²) in [5.74, 6) is -0.616. The molecule has 0 aromatic heterocycles. The number of anilines is 1. The lowest BCUT2D eigenvalue weighted by Crippen LogP contribution is -2.39. The minimum absolute atomic E-state index is 0.180. The normalized spacial score (nSPS) is 17.6. The van der Waals surface area contributed by atoms with Crippen molar-refractivity contribution < 1.29 is 12.8 Å². The Kier molecular flexibility index (Phi) is 5.81. The molecule has 0 bridgehead atoms. The van der Waals surface area contributed by atoms with Gasteiger partial charge in [0.25, 0.3) is 0 Å². The van der Waals surface area contributed by atoms with Gasteiger partial charge in [-0.2, -0.15) is 0 Å². The summed E-state index contributed by atoms with van der Waals surface area (Å²) in [4.78, 5) is 2.16. The van der Waals surface area contributed by atoms with Gasteiger partial charge in [0.15, 0.2) is 0 Å². The monoisotopic (exact) mass is 393 g/mol. The van der Waals surface area contributed by atoms with Crippen molar-refractivity contribution in [3.8, 4) is 0 Å². The van der Waals surface area contributed by atoms with E-state index >= 15 is 0 Å². The van der Waals surface area contributed by atoms with Crippen LogP contribution in [0.4, 0.5) is 10.1 Å². The number of halogens is 2. The molecular formula is C14H21BrFN3O2S. The van der Waals surface area contributed by atoms with Gasteiger partial charge in [-0.15, -0.1) is 0 Å². The molecule has 0 radical (unpaired) electrons. The fraction of sp³-hybridized carbons (Fsp3) is 0.571. The summed E-state index contributed by atoms with van der Waals surface area (Å²) >= 11 is 3.22. The zero-order valence-electron chi connectivity index (χ0n) is 12.5. The third-order valence-corrected chi connectivity index (χ3v) is 5.34. The molecule has 1 heterocycles. The Morgan fingerprint density at radius 3 is 2.55 bits per heavy atom. The standard InChI is InChI=1S/C14H21BrFN3O2S/c1-2-5-19-6-3-10(4-7-19)18-14-12(15)8-11(9-13(14)16)22(17,20)21/h8-10,18H,2-7H2,1H3,(H2,17,20,21). The molecule has 2 rings (SSSR count). The molecule has 0 amide bonds. The van der Waals surface area contributed by atoms with Crippen molar-refractivity contribution in [1.29, 1.82) is 0 Å². The molecule has 0 unspecified atom stereocenters. The highest BCUT2D eigenvalue weighted by Crippen LogP contribution is 2.30. The number of hydrogen-bond acceptors (Lipinski definition) is 4. The summed E-state index contributed by atoms with van der Waals surface area (Å²) in [6.07, 6.45) is 3.00. The SMILES string of the molecule is CCCN1CCC(Nc2c(F)cc(S(N)(=O)=O)cc2Br)CC1. The highest BCUT2D eigenvalue weighted by molar-refractivity contribution is 9.10. The zero-order valence-corrected chi connectivity index (χ0v) is 14.9. The average molecular weight is 394 g/mol. The van der Waals surface area contributed by atoms with Crippen molar-refractivity contribution in [2.45, 2.75) is 37.1 Å². The van der Waals surface area contributed by atoms with Gasteiger partial charge in [0.1, 0.15) is 5.82 Å². The van der Waals surface area contributed by atoms with Gasteiger partial charge < -0.3 is 10.2 Å². The van der Waals surface area contributed by atoms with Gasteiger partial charge in [-0.3, -0.25) is 0 Å². The quantitative estimate of drug-likeness (QED) is 0.805. The van der Waals surface area contributed by atoms with Crippen molar-refractivity contribution >= 4 is 31.6 Å². The van der Waals surface area contributed by atoms with E-state index in [9.17, 15) is 12.8 Å². The molecule has 1 aromatic rings. The molecule has 1 saturated heterocycles. The summed E-state index contributed by atoms with van der Waals surface area (Å²) in [5, 5.41) is 8.21. The van der Waals surface area contributed by atoms with Gasteiger partial charge in [0.05, 0.1) is 10.6 Å². The third kappa shape index (κ3) is 4.41. The highest BCUT2D eigenvalue weighted by atomic mass is 79.9. The van der Waals surface area contributed by atoms with Gasteiger partial charge >= 0.3 is 0 Å². The third-order valence-electron chi connectivity index (χ3n) is 3.82. The molecule has 1 fully saturated rings. The first kappa shape index (κ1) is 17.7. The van der Waals surface area contributed by atoms with Crippen LogP contribution in [0.25, 0.3) is 0 Å². The fourth-order valence-corrected chi connectivity index (χ4v) is 3.93. The van der Waals surface area contributed by atoms with Crippen LogP contribution >= 0.6 is 15.9 Å². The van der Waals surface area contributed by atoms with Crippen molar-refractivity contribution in [1.82, 2.24) is 4.90 Å². The maximum atomic E-state index is 14.2. The zero-order chi connectivity index (χ0) is 16.3. The molecule has 0 spiro atoms. The number of hydrogen-bond donors (Lipinski definition) is 2. The fourth-order valence-electron chi connectivity index (χ4n) is 2.67. The van der Waals surface area contributed by atoms with Crippen LogP contribution < -0.4 is 10.5 Å². The molecule has 5 nitrogen and oxygen atoms in total. The minimum Gasteiger partial charge on any atom is -0.379 e. The lowest BCUT2D eigenvalue weighted by atomic mass is 10.0. The Balaban J connectivity index is 2.08. The Morgan fingerprint density at radius 2 is 2.05 bits per heavy atom. The van der Waals surface area contributed by atoms with E-state index in [-0.39, 0.29) is 10.9 Å². The number of nitrogens with zero attached hydrogens (tertiary/aromatic N) is 1. The molecule has 1 aliphatic heterocycles. The first-order valence-electron chi connectivity index (χ1n) is 7.32. The first-order valence-corrected chi connectivity index (χ1v) is 9.66. The molecule has 124 valence electrons.